The highest BCUT2D eigenvalue weighted by molar-refractivity contribution is 8.00. The van der Waals surface area contributed by atoms with Gasteiger partial charge in [0, 0.05) is 11.3 Å². The van der Waals surface area contributed by atoms with E-state index in [4.69, 9.17) is 5.73 Å². The lowest BCUT2D eigenvalue weighted by Gasteiger charge is -2.11. The molecule has 3 aromatic rings. The van der Waals surface area contributed by atoms with E-state index in [9.17, 15) is 9.59 Å². The summed E-state index contributed by atoms with van der Waals surface area (Å²) in [5.74, 6) is -0.710. The van der Waals surface area contributed by atoms with Crippen molar-refractivity contribution in [3.63, 3.8) is 0 Å². The van der Waals surface area contributed by atoms with Gasteiger partial charge in [0.15, 0.2) is 5.16 Å². The van der Waals surface area contributed by atoms with Crippen LogP contribution in [-0.2, 0) is 4.79 Å². The van der Waals surface area contributed by atoms with Gasteiger partial charge in [0.2, 0.25) is 11.8 Å². The Balaban J connectivity index is 1.68. The maximum Gasteiger partial charge on any atom is 0.248 e. The zero-order valence-electron chi connectivity index (χ0n) is 12.9. The average Bonchev–Trinajstić information content (AvgIpc) is 2.97. The van der Waals surface area contributed by atoms with Gasteiger partial charge in [0.25, 0.3) is 0 Å². The quantitative estimate of drug-likeness (QED) is 0.622. The fraction of sp³-hybridized carbons (Fsp3) is 0.118. The number of amides is 2. The summed E-state index contributed by atoms with van der Waals surface area (Å²) in [5.41, 5.74) is 7.93. The monoisotopic (exact) mass is 340 g/mol. The summed E-state index contributed by atoms with van der Waals surface area (Å²) in [4.78, 5) is 31.1. The van der Waals surface area contributed by atoms with Crippen LogP contribution in [0.1, 0.15) is 17.3 Å². The molecule has 1 heterocycles. The van der Waals surface area contributed by atoms with Gasteiger partial charge in [0.05, 0.1) is 16.3 Å². The topological polar surface area (TPSA) is 101 Å². The van der Waals surface area contributed by atoms with E-state index in [1.807, 2.05) is 24.3 Å². The van der Waals surface area contributed by atoms with E-state index in [1.165, 1.54) is 11.8 Å². The Bertz CT molecular complexity index is 873. The first-order valence-electron chi connectivity index (χ1n) is 7.35. The van der Waals surface area contributed by atoms with Crippen LogP contribution in [0.2, 0.25) is 0 Å². The number of nitrogens with one attached hydrogen (secondary N) is 2. The number of H-pyrrole nitrogens is 1. The number of carbonyl (C=O) groups is 2. The maximum atomic E-state index is 12.3. The molecule has 24 heavy (non-hydrogen) atoms. The second-order valence-corrected chi connectivity index (χ2v) is 6.58. The molecule has 122 valence electrons. The molecule has 0 spiro atoms. The van der Waals surface area contributed by atoms with E-state index in [-0.39, 0.29) is 11.2 Å². The number of carbonyl (C=O) groups excluding carboxylic acids is 2. The van der Waals surface area contributed by atoms with E-state index >= 15 is 0 Å². The number of benzene rings is 2. The summed E-state index contributed by atoms with van der Waals surface area (Å²) in [5, 5.41) is 3.11. The van der Waals surface area contributed by atoms with Crippen LogP contribution in [0.4, 0.5) is 5.69 Å². The van der Waals surface area contributed by atoms with E-state index in [0.29, 0.717) is 16.4 Å². The molecule has 0 bridgehead atoms. The highest BCUT2D eigenvalue weighted by Crippen LogP contribution is 2.24. The first-order chi connectivity index (χ1) is 11.5. The summed E-state index contributed by atoms with van der Waals surface area (Å²) < 4.78 is 0. The second-order valence-electron chi connectivity index (χ2n) is 5.25. The molecular formula is C17H16N4O2S. The van der Waals surface area contributed by atoms with Crippen molar-refractivity contribution in [3.8, 4) is 0 Å². The molecule has 0 radical (unpaired) electrons. The largest absolute Gasteiger partial charge is 0.366 e. The summed E-state index contributed by atoms with van der Waals surface area (Å²) in [6, 6.07) is 14.2. The van der Waals surface area contributed by atoms with Crippen LogP contribution in [0.25, 0.3) is 11.0 Å². The molecule has 0 aliphatic rings. The fourth-order valence-corrected chi connectivity index (χ4v) is 3.02. The molecule has 1 aromatic heterocycles. The summed E-state index contributed by atoms with van der Waals surface area (Å²) in [7, 11) is 0. The molecule has 0 saturated heterocycles. The molecule has 1 atom stereocenters. The number of aromatic amines is 1. The normalized spacial score (nSPS) is 12.0. The Hall–Kier alpha value is -2.80. The SMILES string of the molecule is CC(Sc1nc2ccccc2[nH]1)C(=O)Nc1cccc(C(N)=O)c1. The first-order valence-corrected chi connectivity index (χ1v) is 8.23. The second kappa shape index (κ2) is 6.76. The van der Waals surface area contributed by atoms with Gasteiger partial charge in [-0.15, -0.1) is 0 Å². The van der Waals surface area contributed by atoms with Crippen molar-refractivity contribution in [1.82, 2.24) is 9.97 Å². The van der Waals surface area contributed by atoms with Crippen molar-refractivity contribution < 1.29 is 9.59 Å². The number of fused-ring (bicyclic) bond motifs is 1. The number of primary amides is 1. The minimum absolute atomic E-state index is 0.179. The predicted octanol–water partition coefficient (Wildman–Crippen LogP) is 2.78. The third-order valence-electron chi connectivity index (χ3n) is 3.44. The van der Waals surface area contributed by atoms with Gasteiger partial charge in [-0.2, -0.15) is 0 Å². The molecule has 3 rings (SSSR count). The lowest BCUT2D eigenvalue weighted by Crippen LogP contribution is -2.22. The lowest BCUT2D eigenvalue weighted by atomic mass is 10.2. The number of hydrogen-bond donors (Lipinski definition) is 3. The van der Waals surface area contributed by atoms with Crippen LogP contribution in [0.3, 0.4) is 0 Å². The number of aromatic nitrogens is 2. The number of rotatable bonds is 5. The van der Waals surface area contributed by atoms with Gasteiger partial charge in [-0.3, -0.25) is 9.59 Å². The van der Waals surface area contributed by atoms with Gasteiger partial charge in [0.1, 0.15) is 0 Å². The summed E-state index contributed by atoms with van der Waals surface area (Å²) >= 11 is 1.34. The van der Waals surface area contributed by atoms with Crippen molar-refractivity contribution in [2.45, 2.75) is 17.3 Å². The zero-order valence-corrected chi connectivity index (χ0v) is 13.8. The minimum atomic E-state index is -0.532. The van der Waals surface area contributed by atoms with Crippen LogP contribution in [-0.4, -0.2) is 27.0 Å². The molecule has 7 heteroatoms. The van der Waals surface area contributed by atoms with Crippen molar-refractivity contribution >= 4 is 40.3 Å². The van der Waals surface area contributed by atoms with Crippen molar-refractivity contribution in [2.75, 3.05) is 5.32 Å². The van der Waals surface area contributed by atoms with Gasteiger partial charge in [-0.25, -0.2) is 4.98 Å². The van der Waals surface area contributed by atoms with Crippen LogP contribution >= 0.6 is 11.8 Å². The van der Waals surface area contributed by atoms with E-state index < -0.39 is 5.91 Å². The molecule has 4 N–H and O–H groups in total. The van der Waals surface area contributed by atoms with E-state index in [1.54, 1.807) is 31.2 Å². The molecule has 0 saturated carbocycles. The van der Waals surface area contributed by atoms with Crippen molar-refractivity contribution in [1.29, 1.82) is 0 Å². The Kier molecular flexibility index (Phi) is 4.52. The summed E-state index contributed by atoms with van der Waals surface area (Å²) in [6.45, 7) is 1.80. The number of nitrogens with zero attached hydrogens (tertiary/aromatic N) is 1. The first kappa shape index (κ1) is 16.1. The Labute approximate surface area is 142 Å². The molecule has 6 nitrogen and oxygen atoms in total. The average molecular weight is 340 g/mol. The summed E-state index contributed by atoms with van der Waals surface area (Å²) in [6.07, 6.45) is 0. The van der Waals surface area contributed by atoms with Gasteiger partial charge >= 0.3 is 0 Å². The molecule has 2 amide bonds. The van der Waals surface area contributed by atoms with Crippen molar-refractivity contribution in [2.24, 2.45) is 5.73 Å². The number of anilines is 1. The number of nitrogens with two attached hydrogens (primary N) is 1. The predicted molar refractivity (Wildman–Crippen MR) is 95.0 cm³/mol. The lowest BCUT2D eigenvalue weighted by molar-refractivity contribution is -0.115. The number of thioether (sulfide) groups is 1. The smallest absolute Gasteiger partial charge is 0.248 e. The third-order valence-corrected chi connectivity index (χ3v) is 4.42. The van der Waals surface area contributed by atoms with Crippen LogP contribution in [0.15, 0.2) is 53.7 Å². The maximum absolute atomic E-state index is 12.3. The third kappa shape index (κ3) is 3.57. The van der Waals surface area contributed by atoms with Crippen LogP contribution in [0, 0.1) is 0 Å². The Morgan fingerprint density at radius 1 is 1.21 bits per heavy atom. The van der Waals surface area contributed by atoms with Crippen LogP contribution in [0.5, 0.6) is 0 Å². The molecule has 2 aromatic carbocycles. The van der Waals surface area contributed by atoms with Gasteiger partial charge in [-0.1, -0.05) is 30.0 Å². The van der Waals surface area contributed by atoms with Gasteiger partial charge < -0.3 is 16.0 Å². The Morgan fingerprint density at radius 3 is 2.75 bits per heavy atom. The van der Waals surface area contributed by atoms with E-state index in [2.05, 4.69) is 15.3 Å². The van der Waals surface area contributed by atoms with E-state index in [0.717, 1.165) is 11.0 Å². The fourth-order valence-electron chi connectivity index (χ4n) is 2.20. The molecule has 1 unspecified atom stereocenters. The van der Waals surface area contributed by atoms with Gasteiger partial charge in [-0.05, 0) is 37.3 Å². The number of imidazole rings is 1. The van der Waals surface area contributed by atoms with Crippen molar-refractivity contribution in [3.05, 3.63) is 54.1 Å². The number of para-hydroxylation sites is 2. The standard InChI is InChI=1S/C17H16N4O2S/c1-10(24-17-20-13-7-2-3-8-14(13)21-17)16(23)19-12-6-4-5-11(9-12)15(18)22/h2-10H,1H3,(H2,18,22)(H,19,23)(H,20,21). The minimum Gasteiger partial charge on any atom is -0.366 e. The zero-order chi connectivity index (χ0) is 17.1. The highest BCUT2D eigenvalue weighted by Gasteiger charge is 2.17. The van der Waals surface area contributed by atoms with Crippen LogP contribution < -0.4 is 11.1 Å². The molecule has 0 aliphatic heterocycles. The molecule has 0 aliphatic carbocycles. The number of hydrogen-bond acceptors (Lipinski definition) is 4. The molecule has 0 fully saturated rings. The highest BCUT2D eigenvalue weighted by atomic mass is 32.2. The molecular weight excluding hydrogens is 324 g/mol. The Morgan fingerprint density at radius 2 is 2.00 bits per heavy atom.